The smallest absolute Gasteiger partial charge is 0.323 e. The minimum Gasteiger partial charge on any atom is -0.497 e. The Kier molecular flexibility index (Phi) is 11.5. The number of hydrogen-bond acceptors (Lipinski definition) is 8. The fourth-order valence-corrected chi connectivity index (χ4v) is 5.65. The van der Waals surface area contributed by atoms with Gasteiger partial charge in [-0.15, -0.1) is 24.8 Å². The molecule has 0 aliphatic carbocycles. The lowest BCUT2D eigenvalue weighted by atomic mass is 10.00. The van der Waals surface area contributed by atoms with Gasteiger partial charge < -0.3 is 29.5 Å². The summed E-state index contributed by atoms with van der Waals surface area (Å²) in [6, 6.07) is 13.0. The summed E-state index contributed by atoms with van der Waals surface area (Å²) in [6.07, 6.45) is 4.05. The number of methoxy groups -OCH3 is 1. The van der Waals surface area contributed by atoms with Gasteiger partial charge in [-0.25, -0.2) is 4.98 Å². The summed E-state index contributed by atoms with van der Waals surface area (Å²) >= 11 is 0. The number of aliphatic hydroxyl groups is 1. The van der Waals surface area contributed by atoms with Crippen molar-refractivity contribution in [3.63, 3.8) is 0 Å². The number of β-amino-alcohol motifs (C(OH)–C–C–N with tert-alkyl or cyclic N) is 1. The molecule has 4 heterocycles. The molecule has 1 aliphatic heterocycles. The first-order valence-corrected chi connectivity index (χ1v) is 13.3. The minimum atomic E-state index is -0.985. The molecule has 1 saturated heterocycles. The van der Waals surface area contributed by atoms with Crippen molar-refractivity contribution in [1.82, 2.24) is 24.3 Å². The standard InChI is InChI=1S/C29H33N5O6.2ClH/c1-40-22-4-5-25-24(14-22)23(6-10-30-25)26(35)16-32-11-7-20(8-12-32)33(17-27(36)37)15-21-13-19-3-2-9-31-29(19)34(21)18-28(38)39;;/h2-6,9-10,13-14,20,26,35H,7-8,11-12,15-18H2,1H3,(H,36,37)(H,38,39);2*1H/t26-;;/m0../s1. The molecule has 0 radical (unpaired) electrons. The molecule has 1 aliphatic rings. The Morgan fingerprint density at radius 3 is 2.50 bits per heavy atom. The summed E-state index contributed by atoms with van der Waals surface area (Å²) in [6.45, 7) is 1.74. The van der Waals surface area contributed by atoms with Gasteiger partial charge in [0.2, 0.25) is 0 Å². The van der Waals surface area contributed by atoms with Gasteiger partial charge in [-0.05, 0) is 74.0 Å². The second-order valence-electron chi connectivity index (χ2n) is 10.2. The van der Waals surface area contributed by atoms with Crippen molar-refractivity contribution in [2.75, 3.05) is 33.3 Å². The highest BCUT2D eigenvalue weighted by Crippen LogP contribution is 2.29. The van der Waals surface area contributed by atoms with Crippen LogP contribution in [-0.4, -0.2) is 90.9 Å². The number of fused-ring (bicyclic) bond motifs is 2. The van der Waals surface area contributed by atoms with Crippen molar-refractivity contribution >= 4 is 58.7 Å². The third-order valence-corrected chi connectivity index (χ3v) is 7.58. The summed E-state index contributed by atoms with van der Waals surface area (Å²) in [5.41, 5.74) is 2.87. The molecule has 3 aromatic heterocycles. The number of aliphatic carboxylic acids is 2. The number of ether oxygens (including phenoxy) is 1. The number of aliphatic hydroxyl groups excluding tert-OH is 1. The van der Waals surface area contributed by atoms with Crippen LogP contribution in [-0.2, 0) is 22.7 Å². The molecule has 0 bridgehead atoms. The third-order valence-electron chi connectivity index (χ3n) is 7.58. The fraction of sp³-hybridized carbons (Fsp3) is 0.379. The maximum Gasteiger partial charge on any atom is 0.323 e. The average Bonchev–Trinajstić information content (AvgIpc) is 3.28. The van der Waals surface area contributed by atoms with Gasteiger partial charge in [0.25, 0.3) is 0 Å². The number of piperidine rings is 1. The lowest BCUT2D eigenvalue weighted by molar-refractivity contribution is -0.140. The summed E-state index contributed by atoms with van der Waals surface area (Å²) < 4.78 is 7.00. The van der Waals surface area contributed by atoms with Gasteiger partial charge in [0.05, 0.1) is 25.3 Å². The number of likely N-dealkylation sites (tertiary alicyclic amines) is 1. The molecule has 226 valence electrons. The number of rotatable bonds is 11. The minimum absolute atomic E-state index is 0. The second kappa shape index (κ2) is 14.6. The van der Waals surface area contributed by atoms with Crippen LogP contribution in [0.3, 0.4) is 0 Å². The molecule has 3 N–H and O–H groups in total. The van der Waals surface area contributed by atoms with Crippen LogP contribution in [0, 0.1) is 0 Å². The molecule has 0 saturated carbocycles. The molecule has 11 nitrogen and oxygen atoms in total. The largest absolute Gasteiger partial charge is 0.497 e. The van der Waals surface area contributed by atoms with E-state index in [0.717, 1.165) is 40.4 Å². The Balaban J connectivity index is 0.00000242. The van der Waals surface area contributed by atoms with Crippen molar-refractivity contribution in [2.45, 2.75) is 38.1 Å². The van der Waals surface area contributed by atoms with Crippen LogP contribution in [0.25, 0.3) is 21.9 Å². The zero-order valence-corrected chi connectivity index (χ0v) is 24.8. The van der Waals surface area contributed by atoms with Crippen LogP contribution in [0.5, 0.6) is 5.75 Å². The van der Waals surface area contributed by atoms with Crippen LogP contribution in [0.15, 0.2) is 54.9 Å². The van der Waals surface area contributed by atoms with E-state index in [4.69, 9.17) is 4.74 Å². The molecule has 13 heteroatoms. The molecule has 1 fully saturated rings. The zero-order chi connectivity index (χ0) is 28.2. The van der Waals surface area contributed by atoms with E-state index in [0.29, 0.717) is 37.6 Å². The van der Waals surface area contributed by atoms with Crippen molar-refractivity contribution in [3.05, 3.63) is 66.1 Å². The molecular formula is C29H35Cl2N5O6. The van der Waals surface area contributed by atoms with E-state index < -0.39 is 18.0 Å². The van der Waals surface area contributed by atoms with Crippen molar-refractivity contribution in [3.8, 4) is 5.75 Å². The summed E-state index contributed by atoms with van der Waals surface area (Å²) in [5, 5.41) is 31.9. The third kappa shape index (κ3) is 7.47. The Labute approximate surface area is 255 Å². The number of halogens is 2. The highest BCUT2D eigenvalue weighted by molar-refractivity contribution is 5.86. The number of carboxylic acid groups (broad SMARTS) is 2. The number of benzene rings is 1. The van der Waals surface area contributed by atoms with Crippen LogP contribution in [0.2, 0.25) is 0 Å². The zero-order valence-electron chi connectivity index (χ0n) is 23.1. The van der Waals surface area contributed by atoms with E-state index in [1.54, 1.807) is 30.1 Å². The lowest BCUT2D eigenvalue weighted by Gasteiger charge is -2.38. The normalized spacial score (nSPS) is 14.8. The number of pyridine rings is 2. The summed E-state index contributed by atoms with van der Waals surface area (Å²) in [7, 11) is 1.61. The quantitative estimate of drug-likeness (QED) is 0.228. The molecular weight excluding hydrogens is 585 g/mol. The van der Waals surface area contributed by atoms with E-state index in [1.807, 2.05) is 41.3 Å². The fourth-order valence-electron chi connectivity index (χ4n) is 5.65. The Hall–Kier alpha value is -3.48. The maximum atomic E-state index is 11.8. The Bertz CT molecular complexity index is 1530. The number of aromatic nitrogens is 3. The average molecular weight is 621 g/mol. The van der Waals surface area contributed by atoms with Gasteiger partial charge in [0.1, 0.15) is 17.9 Å². The summed E-state index contributed by atoms with van der Waals surface area (Å²) in [4.78, 5) is 36.2. The molecule has 1 aromatic carbocycles. The predicted molar refractivity (Wildman–Crippen MR) is 163 cm³/mol. The first-order valence-electron chi connectivity index (χ1n) is 13.3. The topological polar surface area (TPSA) is 141 Å². The number of nitrogens with zero attached hydrogens (tertiary/aromatic N) is 5. The molecule has 0 amide bonds. The van der Waals surface area contributed by atoms with E-state index in [1.165, 1.54) is 0 Å². The Morgan fingerprint density at radius 2 is 1.81 bits per heavy atom. The maximum absolute atomic E-state index is 11.8. The van der Waals surface area contributed by atoms with Crippen LogP contribution in [0.1, 0.15) is 30.2 Å². The van der Waals surface area contributed by atoms with Gasteiger partial charge in [-0.3, -0.25) is 19.5 Å². The van der Waals surface area contributed by atoms with Gasteiger partial charge in [0, 0.05) is 48.0 Å². The molecule has 5 rings (SSSR count). The molecule has 0 unspecified atom stereocenters. The molecule has 42 heavy (non-hydrogen) atoms. The van der Waals surface area contributed by atoms with Crippen molar-refractivity contribution in [2.24, 2.45) is 0 Å². The predicted octanol–water partition coefficient (Wildman–Crippen LogP) is 3.61. The van der Waals surface area contributed by atoms with Gasteiger partial charge >= 0.3 is 11.9 Å². The first-order chi connectivity index (χ1) is 19.3. The monoisotopic (exact) mass is 619 g/mol. The van der Waals surface area contributed by atoms with Gasteiger partial charge in [0.15, 0.2) is 0 Å². The lowest BCUT2D eigenvalue weighted by Crippen LogP contribution is -2.47. The molecule has 0 spiro atoms. The van der Waals surface area contributed by atoms with Crippen LogP contribution < -0.4 is 4.74 Å². The van der Waals surface area contributed by atoms with E-state index in [2.05, 4.69) is 14.9 Å². The molecule has 1 atom stereocenters. The number of hydrogen-bond donors (Lipinski definition) is 3. The van der Waals surface area contributed by atoms with E-state index in [-0.39, 0.29) is 43.9 Å². The van der Waals surface area contributed by atoms with Gasteiger partial charge in [-0.2, -0.15) is 0 Å². The number of carbonyl (C=O) groups is 2. The van der Waals surface area contributed by atoms with Crippen molar-refractivity contribution in [1.29, 1.82) is 0 Å². The first kappa shape index (κ1) is 33.0. The number of carboxylic acids is 2. The van der Waals surface area contributed by atoms with E-state index in [9.17, 15) is 24.9 Å². The highest BCUT2D eigenvalue weighted by Gasteiger charge is 2.29. The van der Waals surface area contributed by atoms with E-state index >= 15 is 0 Å². The van der Waals surface area contributed by atoms with Crippen LogP contribution >= 0.6 is 24.8 Å². The Morgan fingerprint density at radius 1 is 1.05 bits per heavy atom. The van der Waals surface area contributed by atoms with Crippen molar-refractivity contribution < 1.29 is 29.6 Å². The summed E-state index contributed by atoms with van der Waals surface area (Å²) in [5.74, 6) is -1.22. The van der Waals surface area contributed by atoms with Crippen LogP contribution in [0.4, 0.5) is 0 Å². The van der Waals surface area contributed by atoms with Gasteiger partial charge in [-0.1, -0.05) is 0 Å². The highest BCUT2D eigenvalue weighted by atomic mass is 35.5. The SMILES string of the molecule is COc1ccc2nccc([C@@H](O)CN3CCC(N(CC(=O)O)Cc4cc5cccnc5n4CC(=O)O)CC3)c2c1.Cl.Cl. The second-order valence-corrected chi connectivity index (χ2v) is 10.2. The molecule has 4 aromatic rings.